The Labute approximate surface area is 163 Å². The first-order chi connectivity index (χ1) is 13.5. The van der Waals surface area contributed by atoms with Gasteiger partial charge in [-0.05, 0) is 25.1 Å². The molecule has 3 aliphatic rings. The Morgan fingerprint density at radius 3 is 2.89 bits per heavy atom. The first-order valence-corrected chi connectivity index (χ1v) is 10.7. The monoisotopic (exact) mass is 403 g/mol. The number of hydrogen-bond acceptors (Lipinski definition) is 6. The summed E-state index contributed by atoms with van der Waals surface area (Å²) in [6.45, 7) is 4.11. The first kappa shape index (κ1) is 18.5. The van der Waals surface area contributed by atoms with Crippen LogP contribution >= 0.6 is 0 Å². The van der Waals surface area contributed by atoms with Crippen molar-refractivity contribution in [2.24, 2.45) is 4.40 Å². The molecule has 9 heteroatoms. The zero-order valence-corrected chi connectivity index (χ0v) is 16.3. The van der Waals surface area contributed by atoms with E-state index in [4.69, 9.17) is 9.47 Å². The Morgan fingerprint density at radius 1 is 1.25 bits per heavy atom. The fourth-order valence-electron chi connectivity index (χ4n) is 3.30. The van der Waals surface area contributed by atoms with Gasteiger partial charge in [-0.25, -0.2) is 8.42 Å². The number of likely N-dealkylation sites (N-methyl/N-ethyl adjacent to an activating group) is 1. The van der Waals surface area contributed by atoms with E-state index in [9.17, 15) is 13.2 Å². The van der Waals surface area contributed by atoms with Crippen LogP contribution in [0.2, 0.25) is 0 Å². The van der Waals surface area contributed by atoms with E-state index in [1.54, 1.807) is 28.2 Å². The van der Waals surface area contributed by atoms with Crippen LogP contribution in [0.25, 0.3) is 0 Å². The summed E-state index contributed by atoms with van der Waals surface area (Å²) in [4.78, 5) is 16.5. The zero-order chi connectivity index (χ0) is 19.7. The lowest BCUT2D eigenvalue weighted by Crippen LogP contribution is -2.39. The van der Waals surface area contributed by atoms with Crippen molar-refractivity contribution in [1.29, 1.82) is 0 Å². The summed E-state index contributed by atoms with van der Waals surface area (Å²) in [6.07, 6.45) is 4.85. The largest absolute Gasteiger partial charge is 0.486 e. The van der Waals surface area contributed by atoms with Gasteiger partial charge in [-0.3, -0.25) is 4.79 Å². The molecule has 0 saturated carbocycles. The molecule has 148 valence electrons. The van der Waals surface area contributed by atoms with E-state index in [0.717, 1.165) is 5.56 Å². The molecule has 3 aliphatic heterocycles. The maximum atomic E-state index is 13.1. The van der Waals surface area contributed by atoms with Crippen molar-refractivity contribution in [3.05, 3.63) is 47.7 Å². The number of rotatable bonds is 4. The molecule has 0 aromatic heterocycles. The van der Waals surface area contributed by atoms with Gasteiger partial charge in [-0.1, -0.05) is 12.1 Å². The fraction of sp³-hybridized carbons (Fsp3) is 0.368. The highest BCUT2D eigenvalue weighted by Crippen LogP contribution is 2.34. The standard InChI is InChI=1S/C19H21N3O5S/c1-2-21(12-14-4-3-5-16-18(14)27-10-9-26-16)19(23)15-6-7-17-20-28(24,25)11-8-22(17)13-15/h3-7,13H,2,8-12H2,1H3. The maximum absolute atomic E-state index is 13.1. The number of nitrogens with zero attached hydrogens (tertiary/aromatic N) is 3. The molecule has 1 amide bonds. The van der Waals surface area contributed by atoms with Crippen LogP contribution in [0, 0.1) is 0 Å². The second-order valence-corrected chi connectivity index (χ2v) is 8.36. The summed E-state index contributed by atoms with van der Waals surface area (Å²) in [6, 6.07) is 5.67. The minimum atomic E-state index is -3.42. The fourth-order valence-corrected chi connectivity index (χ4v) is 4.27. The SMILES string of the molecule is CCN(Cc1cccc2c1OCCO2)C(=O)C1=CN2CCS(=O)(=O)N=C2C=C1. The number of hydrogen-bond donors (Lipinski definition) is 0. The van der Waals surface area contributed by atoms with Crippen LogP contribution in [0.5, 0.6) is 11.5 Å². The van der Waals surface area contributed by atoms with Gasteiger partial charge in [0.25, 0.3) is 15.9 Å². The number of amides is 1. The van der Waals surface area contributed by atoms with E-state index >= 15 is 0 Å². The highest BCUT2D eigenvalue weighted by molar-refractivity contribution is 7.90. The summed E-state index contributed by atoms with van der Waals surface area (Å²) in [5.74, 6) is 1.52. The van der Waals surface area contributed by atoms with Crippen molar-refractivity contribution in [3.63, 3.8) is 0 Å². The predicted octanol–water partition coefficient (Wildman–Crippen LogP) is 1.30. The van der Waals surface area contributed by atoms with Crippen LogP contribution in [0.1, 0.15) is 12.5 Å². The second kappa shape index (κ2) is 7.31. The predicted molar refractivity (Wildman–Crippen MR) is 104 cm³/mol. The molecule has 0 fully saturated rings. The molecule has 0 aliphatic carbocycles. The highest BCUT2D eigenvalue weighted by Gasteiger charge is 2.27. The summed E-state index contributed by atoms with van der Waals surface area (Å²) >= 11 is 0. The lowest BCUT2D eigenvalue weighted by molar-refractivity contribution is -0.127. The number of carbonyl (C=O) groups is 1. The minimum Gasteiger partial charge on any atom is -0.486 e. The average Bonchev–Trinajstić information content (AvgIpc) is 2.70. The van der Waals surface area contributed by atoms with E-state index in [1.807, 2.05) is 25.1 Å². The highest BCUT2D eigenvalue weighted by atomic mass is 32.2. The number of para-hydroxylation sites is 1. The Bertz CT molecular complexity index is 997. The lowest BCUT2D eigenvalue weighted by Gasteiger charge is -2.29. The molecule has 1 aromatic carbocycles. The molecule has 1 aromatic rings. The van der Waals surface area contributed by atoms with Gasteiger partial charge < -0.3 is 19.3 Å². The van der Waals surface area contributed by atoms with Gasteiger partial charge in [0.1, 0.15) is 19.0 Å². The molecule has 4 rings (SSSR count). The number of sulfonamides is 1. The van der Waals surface area contributed by atoms with E-state index in [-0.39, 0.29) is 18.2 Å². The number of fused-ring (bicyclic) bond motifs is 2. The molecule has 8 nitrogen and oxygen atoms in total. The van der Waals surface area contributed by atoms with Gasteiger partial charge in [0, 0.05) is 31.4 Å². The third-order valence-corrected chi connectivity index (χ3v) is 5.91. The first-order valence-electron chi connectivity index (χ1n) is 9.13. The van der Waals surface area contributed by atoms with Crippen LogP contribution in [0.15, 0.2) is 46.5 Å². The van der Waals surface area contributed by atoms with Gasteiger partial charge in [0.2, 0.25) is 0 Å². The Balaban J connectivity index is 1.55. The van der Waals surface area contributed by atoms with Crippen molar-refractivity contribution >= 4 is 21.8 Å². The Morgan fingerprint density at radius 2 is 2.07 bits per heavy atom. The normalized spacial score (nSPS) is 19.4. The van der Waals surface area contributed by atoms with Crippen molar-refractivity contribution in [3.8, 4) is 11.5 Å². The molecule has 28 heavy (non-hydrogen) atoms. The van der Waals surface area contributed by atoms with E-state index in [2.05, 4.69) is 4.40 Å². The molecule has 0 radical (unpaired) electrons. The lowest BCUT2D eigenvalue weighted by atomic mass is 10.1. The average molecular weight is 403 g/mol. The molecule has 0 bridgehead atoms. The van der Waals surface area contributed by atoms with Gasteiger partial charge in [-0.15, -0.1) is 4.40 Å². The van der Waals surface area contributed by atoms with Crippen molar-refractivity contribution in [2.45, 2.75) is 13.5 Å². The number of amidine groups is 1. The molecule has 0 N–H and O–H groups in total. The molecular weight excluding hydrogens is 382 g/mol. The van der Waals surface area contributed by atoms with Crippen molar-refractivity contribution in [2.75, 3.05) is 32.1 Å². The van der Waals surface area contributed by atoms with E-state index < -0.39 is 10.0 Å². The van der Waals surface area contributed by atoms with Crippen molar-refractivity contribution < 1.29 is 22.7 Å². The van der Waals surface area contributed by atoms with E-state index in [1.165, 1.54) is 0 Å². The summed E-state index contributed by atoms with van der Waals surface area (Å²) in [5, 5.41) is 0. The van der Waals surface area contributed by atoms with Crippen LogP contribution in [0.4, 0.5) is 0 Å². The molecule has 0 unspecified atom stereocenters. The molecule has 0 saturated heterocycles. The summed E-state index contributed by atoms with van der Waals surface area (Å²) < 4.78 is 38.4. The quantitative estimate of drug-likeness (QED) is 0.753. The third-order valence-electron chi connectivity index (χ3n) is 4.75. The van der Waals surface area contributed by atoms with Gasteiger partial charge in [0.05, 0.1) is 11.3 Å². The smallest absolute Gasteiger partial charge is 0.256 e. The number of ether oxygens (including phenoxy) is 2. The zero-order valence-electron chi connectivity index (χ0n) is 15.5. The maximum Gasteiger partial charge on any atom is 0.256 e. The summed E-state index contributed by atoms with van der Waals surface area (Å²) in [5.41, 5.74) is 1.38. The number of benzene rings is 1. The molecular formula is C19H21N3O5S. The van der Waals surface area contributed by atoms with Crippen LogP contribution < -0.4 is 9.47 Å². The molecule has 0 spiro atoms. The topological polar surface area (TPSA) is 88.5 Å². The van der Waals surface area contributed by atoms with Crippen LogP contribution in [0.3, 0.4) is 0 Å². The summed E-state index contributed by atoms with van der Waals surface area (Å²) in [7, 11) is -3.42. The second-order valence-electron chi connectivity index (χ2n) is 6.61. The Kier molecular flexibility index (Phi) is 4.84. The molecule has 0 atom stereocenters. The van der Waals surface area contributed by atoms with Gasteiger partial charge >= 0.3 is 0 Å². The number of carbonyl (C=O) groups excluding carboxylic acids is 1. The van der Waals surface area contributed by atoms with Crippen LogP contribution in [-0.2, 0) is 21.4 Å². The van der Waals surface area contributed by atoms with Crippen LogP contribution in [-0.4, -0.2) is 62.0 Å². The van der Waals surface area contributed by atoms with Crippen molar-refractivity contribution in [1.82, 2.24) is 9.80 Å². The van der Waals surface area contributed by atoms with E-state index in [0.29, 0.717) is 49.2 Å². The molecule has 3 heterocycles. The minimum absolute atomic E-state index is 0.0622. The van der Waals surface area contributed by atoms with Gasteiger partial charge in [0.15, 0.2) is 11.5 Å². The third kappa shape index (κ3) is 3.62. The van der Waals surface area contributed by atoms with Gasteiger partial charge in [-0.2, -0.15) is 0 Å². The Hall–Kier alpha value is -2.81.